The minimum atomic E-state index is -4.26. The number of phosphoric ester groups is 1. The summed E-state index contributed by atoms with van der Waals surface area (Å²) in [4.78, 5) is 22.2. The molecule has 0 aliphatic heterocycles. The second-order valence-electron chi connectivity index (χ2n) is 11.0. The second kappa shape index (κ2) is 31.4. The predicted molar refractivity (Wildman–Crippen MR) is 173 cm³/mol. The highest BCUT2D eigenvalue weighted by Crippen LogP contribution is 2.43. The summed E-state index contributed by atoms with van der Waals surface area (Å²) in [5.41, 5.74) is 5.33. The Balaban J connectivity index is 4.17. The number of rotatable bonds is 32. The maximum Gasteiger partial charge on any atom is 0.472 e. The second-order valence-corrected chi connectivity index (χ2v) is 12.5. The zero-order valence-electron chi connectivity index (χ0n) is 27.0. The average Bonchev–Trinajstić information content (AvgIpc) is 2.97. The first kappa shape index (κ1) is 41.0. The molecule has 8 nitrogen and oxygen atoms in total. The van der Waals surface area contributed by atoms with Crippen LogP contribution < -0.4 is 5.73 Å². The van der Waals surface area contributed by atoms with E-state index in [9.17, 15) is 14.3 Å². The van der Waals surface area contributed by atoms with E-state index in [1.807, 2.05) is 0 Å². The molecule has 2 atom stereocenters. The fourth-order valence-corrected chi connectivity index (χ4v) is 5.11. The first-order valence-corrected chi connectivity index (χ1v) is 18.3. The van der Waals surface area contributed by atoms with Crippen molar-refractivity contribution in [2.45, 2.75) is 148 Å². The molecular weight excluding hydrogens is 553 g/mol. The van der Waals surface area contributed by atoms with E-state index in [2.05, 4.69) is 38.2 Å². The lowest BCUT2D eigenvalue weighted by atomic mass is 10.1. The van der Waals surface area contributed by atoms with Gasteiger partial charge in [-0.1, -0.05) is 102 Å². The number of hydrogen-bond donors (Lipinski definition) is 2. The van der Waals surface area contributed by atoms with Crippen molar-refractivity contribution in [3.63, 3.8) is 0 Å². The lowest BCUT2D eigenvalue weighted by molar-refractivity contribution is -0.154. The number of unbranched alkanes of at least 4 members (excludes halogenated alkanes) is 15. The lowest BCUT2D eigenvalue weighted by Crippen LogP contribution is -2.28. The maximum atomic E-state index is 12.4. The van der Waals surface area contributed by atoms with E-state index in [0.717, 1.165) is 44.9 Å². The highest BCUT2D eigenvalue weighted by atomic mass is 31.2. The van der Waals surface area contributed by atoms with Crippen molar-refractivity contribution in [1.29, 1.82) is 0 Å². The molecule has 0 fully saturated rings. The quantitative estimate of drug-likeness (QED) is 0.0332. The third kappa shape index (κ3) is 30.4. The first-order valence-electron chi connectivity index (χ1n) is 16.8. The molecule has 0 aromatic heterocycles. The number of phosphoric acid groups is 1. The van der Waals surface area contributed by atoms with Crippen LogP contribution >= 0.6 is 7.82 Å². The van der Waals surface area contributed by atoms with Crippen LogP contribution in [-0.2, 0) is 27.9 Å². The fourth-order valence-electron chi connectivity index (χ4n) is 4.34. The maximum absolute atomic E-state index is 12.4. The Hall–Kier alpha value is -1.02. The SMILES string of the molecule is CCC/C=C\CCCCCCCCOCC(COP(=O)(O)OCCN)OC(=O)CCCCCCC/C=C\CCCCC. The van der Waals surface area contributed by atoms with Crippen molar-refractivity contribution >= 4 is 13.8 Å². The number of esters is 1. The number of nitrogens with two attached hydrogens (primary N) is 1. The van der Waals surface area contributed by atoms with Gasteiger partial charge >= 0.3 is 13.8 Å². The Kier molecular flexibility index (Phi) is 30.6. The lowest BCUT2D eigenvalue weighted by Gasteiger charge is -2.20. The van der Waals surface area contributed by atoms with Gasteiger partial charge in [0.2, 0.25) is 0 Å². The van der Waals surface area contributed by atoms with Crippen LogP contribution in [-0.4, -0.2) is 49.9 Å². The first-order chi connectivity index (χ1) is 20.4. The van der Waals surface area contributed by atoms with Crippen LogP contribution in [0.5, 0.6) is 0 Å². The zero-order chi connectivity index (χ0) is 31.0. The molecule has 0 saturated heterocycles. The average molecular weight is 618 g/mol. The van der Waals surface area contributed by atoms with Gasteiger partial charge in [0.15, 0.2) is 0 Å². The van der Waals surface area contributed by atoms with E-state index >= 15 is 0 Å². The van der Waals surface area contributed by atoms with Gasteiger partial charge in [-0.3, -0.25) is 13.8 Å². The van der Waals surface area contributed by atoms with Gasteiger partial charge in [0.25, 0.3) is 0 Å². The van der Waals surface area contributed by atoms with Crippen LogP contribution in [0.1, 0.15) is 142 Å². The molecule has 0 amide bonds. The number of ether oxygens (including phenoxy) is 2. The monoisotopic (exact) mass is 617 g/mol. The molecular formula is C33H64NO7P. The molecule has 9 heteroatoms. The summed E-state index contributed by atoms with van der Waals surface area (Å²) in [6, 6.07) is 0. The van der Waals surface area contributed by atoms with E-state index in [0.29, 0.717) is 13.0 Å². The van der Waals surface area contributed by atoms with Gasteiger partial charge in [-0.15, -0.1) is 0 Å². The third-order valence-electron chi connectivity index (χ3n) is 6.82. The van der Waals surface area contributed by atoms with Crippen molar-refractivity contribution in [2.75, 3.05) is 33.0 Å². The summed E-state index contributed by atoms with van der Waals surface area (Å²) in [6.07, 6.45) is 30.4. The van der Waals surface area contributed by atoms with Gasteiger partial charge in [0.05, 0.1) is 19.8 Å². The van der Waals surface area contributed by atoms with E-state index in [1.165, 1.54) is 77.0 Å². The molecule has 0 aromatic carbocycles. The summed E-state index contributed by atoms with van der Waals surface area (Å²) in [7, 11) is -4.26. The molecule has 0 spiro atoms. The van der Waals surface area contributed by atoms with E-state index < -0.39 is 13.9 Å². The van der Waals surface area contributed by atoms with Crippen LogP contribution in [0.15, 0.2) is 24.3 Å². The Labute approximate surface area is 257 Å². The van der Waals surface area contributed by atoms with Crippen molar-refractivity contribution in [3.05, 3.63) is 24.3 Å². The summed E-state index contributed by atoms with van der Waals surface area (Å²) < 4.78 is 33.1. The Morgan fingerprint density at radius 2 is 1.24 bits per heavy atom. The molecule has 0 heterocycles. The normalized spacial score (nSPS) is 14.1. The number of allylic oxidation sites excluding steroid dienone is 4. The van der Waals surface area contributed by atoms with Crippen LogP contribution in [0.2, 0.25) is 0 Å². The van der Waals surface area contributed by atoms with Crippen molar-refractivity contribution < 1.29 is 32.8 Å². The molecule has 0 aliphatic rings. The summed E-state index contributed by atoms with van der Waals surface area (Å²) in [6.45, 7) is 4.80. The van der Waals surface area contributed by atoms with Crippen molar-refractivity contribution in [3.8, 4) is 0 Å². The zero-order valence-corrected chi connectivity index (χ0v) is 27.9. The molecule has 0 aromatic rings. The van der Waals surface area contributed by atoms with Crippen molar-refractivity contribution in [2.24, 2.45) is 5.73 Å². The van der Waals surface area contributed by atoms with Gasteiger partial charge < -0.3 is 20.1 Å². The van der Waals surface area contributed by atoms with Gasteiger partial charge in [-0.2, -0.15) is 0 Å². The van der Waals surface area contributed by atoms with E-state index in [1.54, 1.807) is 0 Å². The summed E-state index contributed by atoms with van der Waals surface area (Å²) in [5, 5.41) is 0. The molecule has 0 saturated carbocycles. The standard InChI is InChI=1S/C33H64NO7P/c1-3-5-7-9-11-13-15-16-18-20-22-24-26-33(35)41-32(31-40-42(36,37)39-29-27-34)30-38-28-25-23-21-19-17-14-12-10-8-6-4-2/h8,10-11,13,32H,3-7,9,12,14-31,34H2,1-2H3,(H,36,37)/b10-8-,13-11-. The Morgan fingerprint density at radius 1 is 0.690 bits per heavy atom. The predicted octanol–water partition coefficient (Wildman–Crippen LogP) is 8.96. The molecule has 3 N–H and O–H groups in total. The van der Waals surface area contributed by atoms with Gasteiger partial charge in [0, 0.05) is 19.6 Å². The molecule has 2 unspecified atom stereocenters. The summed E-state index contributed by atoms with van der Waals surface area (Å²) in [5.74, 6) is -0.345. The molecule has 0 rings (SSSR count). The number of carbonyl (C=O) groups excluding carboxylic acids is 1. The molecule has 0 radical (unpaired) electrons. The Morgan fingerprint density at radius 3 is 1.83 bits per heavy atom. The van der Waals surface area contributed by atoms with Crippen molar-refractivity contribution in [1.82, 2.24) is 0 Å². The Bertz CT molecular complexity index is 702. The van der Waals surface area contributed by atoms with Crippen LogP contribution in [0, 0.1) is 0 Å². The number of carbonyl (C=O) groups is 1. The van der Waals surface area contributed by atoms with E-state index in [4.69, 9.17) is 24.3 Å². The fraction of sp³-hybridized carbons (Fsp3) is 0.848. The minimum Gasteiger partial charge on any atom is -0.457 e. The third-order valence-corrected chi connectivity index (χ3v) is 7.81. The van der Waals surface area contributed by atoms with Crippen LogP contribution in [0.25, 0.3) is 0 Å². The molecule has 0 bridgehead atoms. The topological polar surface area (TPSA) is 117 Å². The largest absolute Gasteiger partial charge is 0.472 e. The molecule has 248 valence electrons. The molecule has 0 aliphatic carbocycles. The van der Waals surface area contributed by atoms with Gasteiger partial charge in [-0.05, 0) is 57.8 Å². The van der Waals surface area contributed by atoms with Gasteiger partial charge in [0.1, 0.15) is 6.10 Å². The van der Waals surface area contributed by atoms with Crippen LogP contribution in [0.3, 0.4) is 0 Å². The van der Waals surface area contributed by atoms with Gasteiger partial charge in [-0.25, -0.2) is 4.57 Å². The van der Waals surface area contributed by atoms with Crippen LogP contribution in [0.4, 0.5) is 0 Å². The molecule has 42 heavy (non-hydrogen) atoms. The van der Waals surface area contributed by atoms with E-state index in [-0.39, 0.29) is 32.3 Å². The highest BCUT2D eigenvalue weighted by molar-refractivity contribution is 7.47. The smallest absolute Gasteiger partial charge is 0.457 e. The minimum absolute atomic E-state index is 0.0977. The number of hydrogen-bond acceptors (Lipinski definition) is 7. The highest BCUT2D eigenvalue weighted by Gasteiger charge is 2.25. The summed E-state index contributed by atoms with van der Waals surface area (Å²) >= 11 is 0.